The van der Waals surface area contributed by atoms with Crippen LogP contribution < -0.4 is 10.6 Å². The van der Waals surface area contributed by atoms with Crippen LogP contribution in [0.15, 0.2) is 30.3 Å². The zero-order valence-electron chi connectivity index (χ0n) is 10.7. The molecule has 0 aliphatic carbocycles. The fourth-order valence-electron chi connectivity index (χ4n) is 1.84. The van der Waals surface area contributed by atoms with Gasteiger partial charge in [0.05, 0.1) is 18.6 Å². The maximum Gasteiger partial charge on any atom is 0.240 e. The van der Waals surface area contributed by atoms with Gasteiger partial charge in [0, 0.05) is 16.8 Å². The van der Waals surface area contributed by atoms with E-state index in [0.717, 1.165) is 22.3 Å². The zero-order chi connectivity index (χ0) is 13.7. The van der Waals surface area contributed by atoms with Crippen LogP contribution in [0.1, 0.15) is 5.69 Å². The maximum atomic E-state index is 11.5. The Labute approximate surface area is 112 Å². The molecule has 2 N–H and O–H groups in total. The molecule has 19 heavy (non-hydrogen) atoms. The van der Waals surface area contributed by atoms with Gasteiger partial charge in [-0.15, -0.1) is 6.42 Å². The van der Waals surface area contributed by atoms with Crippen LogP contribution in [0, 0.1) is 19.3 Å². The van der Waals surface area contributed by atoms with Gasteiger partial charge in [-0.1, -0.05) is 24.1 Å². The van der Waals surface area contributed by atoms with E-state index in [4.69, 9.17) is 6.42 Å². The molecule has 0 radical (unpaired) electrons. The van der Waals surface area contributed by atoms with Gasteiger partial charge in [0.25, 0.3) is 0 Å². The highest BCUT2D eigenvalue weighted by Gasteiger charge is 2.05. The van der Waals surface area contributed by atoms with Crippen molar-refractivity contribution in [3.63, 3.8) is 0 Å². The Morgan fingerprint density at radius 3 is 3.00 bits per heavy atom. The minimum absolute atomic E-state index is 0.128. The summed E-state index contributed by atoms with van der Waals surface area (Å²) in [7, 11) is 0. The van der Waals surface area contributed by atoms with Crippen LogP contribution in [0.25, 0.3) is 10.9 Å². The topological polar surface area (TPSA) is 54.0 Å². The monoisotopic (exact) mass is 253 g/mol. The lowest BCUT2D eigenvalue weighted by Gasteiger charge is -2.10. The minimum atomic E-state index is -0.128. The predicted octanol–water partition coefficient (Wildman–Crippen LogP) is 1.70. The molecule has 96 valence electrons. The second-order valence-corrected chi connectivity index (χ2v) is 4.16. The quantitative estimate of drug-likeness (QED) is 0.815. The number of carbonyl (C=O) groups excluding carboxylic acids is 1. The number of anilines is 1. The molecule has 0 saturated heterocycles. The molecule has 0 atom stereocenters. The molecule has 2 rings (SSSR count). The number of amides is 1. The van der Waals surface area contributed by atoms with E-state index in [-0.39, 0.29) is 19.0 Å². The number of benzene rings is 1. The van der Waals surface area contributed by atoms with E-state index < -0.39 is 0 Å². The van der Waals surface area contributed by atoms with Crippen LogP contribution in [0.3, 0.4) is 0 Å². The first kappa shape index (κ1) is 12.9. The van der Waals surface area contributed by atoms with Crippen molar-refractivity contribution in [2.24, 2.45) is 0 Å². The first-order valence-electron chi connectivity index (χ1n) is 6.01. The highest BCUT2D eigenvalue weighted by atomic mass is 16.1. The fraction of sp³-hybridized carbons (Fsp3) is 0.200. The first-order valence-corrected chi connectivity index (χ1v) is 6.01. The van der Waals surface area contributed by atoms with E-state index in [2.05, 4.69) is 21.5 Å². The molecule has 1 aromatic carbocycles. The van der Waals surface area contributed by atoms with Gasteiger partial charge < -0.3 is 10.6 Å². The van der Waals surface area contributed by atoms with Gasteiger partial charge in [-0.05, 0) is 19.1 Å². The lowest BCUT2D eigenvalue weighted by atomic mass is 10.1. The van der Waals surface area contributed by atoms with Gasteiger partial charge in [-0.2, -0.15) is 0 Å². The number of para-hydroxylation sites is 1. The Kier molecular flexibility index (Phi) is 3.99. The average molecular weight is 253 g/mol. The van der Waals surface area contributed by atoms with E-state index in [1.165, 1.54) is 0 Å². The SMILES string of the molecule is C#CCNC(=O)CNc1cc(C)nc2ccccc12. The second-order valence-electron chi connectivity index (χ2n) is 4.16. The van der Waals surface area contributed by atoms with E-state index in [9.17, 15) is 4.79 Å². The number of fused-ring (bicyclic) bond motifs is 1. The summed E-state index contributed by atoms with van der Waals surface area (Å²) in [6.07, 6.45) is 5.08. The molecular weight excluding hydrogens is 238 g/mol. The van der Waals surface area contributed by atoms with Crippen LogP contribution in [-0.2, 0) is 4.79 Å². The van der Waals surface area contributed by atoms with Crippen molar-refractivity contribution in [1.82, 2.24) is 10.3 Å². The average Bonchev–Trinajstić information content (AvgIpc) is 2.42. The molecular formula is C15H15N3O. The molecule has 1 heterocycles. The van der Waals surface area contributed by atoms with Gasteiger partial charge in [-0.3, -0.25) is 9.78 Å². The molecule has 0 spiro atoms. The number of nitrogens with zero attached hydrogens (tertiary/aromatic N) is 1. The zero-order valence-corrected chi connectivity index (χ0v) is 10.7. The number of aryl methyl sites for hydroxylation is 1. The predicted molar refractivity (Wildman–Crippen MR) is 76.8 cm³/mol. The van der Waals surface area contributed by atoms with E-state index in [1.54, 1.807) is 0 Å². The molecule has 2 aromatic rings. The number of rotatable bonds is 4. The van der Waals surface area contributed by atoms with Gasteiger partial charge in [0.1, 0.15) is 0 Å². The Hall–Kier alpha value is -2.54. The third-order valence-electron chi connectivity index (χ3n) is 2.67. The number of nitrogens with one attached hydrogen (secondary N) is 2. The first-order chi connectivity index (χ1) is 9.20. The maximum absolute atomic E-state index is 11.5. The largest absolute Gasteiger partial charge is 0.376 e. The number of pyridine rings is 1. The van der Waals surface area contributed by atoms with E-state index in [1.807, 2.05) is 37.3 Å². The summed E-state index contributed by atoms with van der Waals surface area (Å²) < 4.78 is 0. The summed E-state index contributed by atoms with van der Waals surface area (Å²) in [5.74, 6) is 2.24. The Morgan fingerprint density at radius 1 is 1.42 bits per heavy atom. The van der Waals surface area contributed by atoms with E-state index >= 15 is 0 Å². The number of hydrogen-bond donors (Lipinski definition) is 2. The molecule has 0 saturated carbocycles. The highest BCUT2D eigenvalue weighted by Crippen LogP contribution is 2.22. The standard InChI is InChI=1S/C15H15N3O/c1-3-8-16-15(19)10-17-14-9-11(2)18-13-7-5-4-6-12(13)14/h1,4-7,9H,8,10H2,2H3,(H,16,19)(H,17,18). The van der Waals surface area contributed by atoms with Crippen molar-refractivity contribution in [2.45, 2.75) is 6.92 Å². The van der Waals surface area contributed by atoms with Crippen LogP contribution >= 0.6 is 0 Å². The van der Waals surface area contributed by atoms with Gasteiger partial charge >= 0.3 is 0 Å². The Morgan fingerprint density at radius 2 is 2.21 bits per heavy atom. The molecule has 0 aliphatic rings. The third-order valence-corrected chi connectivity index (χ3v) is 2.67. The van der Waals surface area contributed by atoms with Crippen LogP contribution in [0.4, 0.5) is 5.69 Å². The third kappa shape index (κ3) is 3.23. The normalized spacial score (nSPS) is 9.89. The lowest BCUT2D eigenvalue weighted by molar-refractivity contribution is -0.119. The molecule has 4 heteroatoms. The molecule has 0 unspecified atom stereocenters. The molecule has 1 aromatic heterocycles. The summed E-state index contributed by atoms with van der Waals surface area (Å²) >= 11 is 0. The summed E-state index contributed by atoms with van der Waals surface area (Å²) in [5, 5.41) is 6.73. The number of aromatic nitrogens is 1. The van der Waals surface area contributed by atoms with Crippen molar-refractivity contribution < 1.29 is 4.79 Å². The van der Waals surface area contributed by atoms with Gasteiger partial charge in [0.15, 0.2) is 0 Å². The molecule has 0 fully saturated rings. The highest BCUT2D eigenvalue weighted by molar-refractivity contribution is 5.93. The second kappa shape index (κ2) is 5.87. The van der Waals surface area contributed by atoms with Crippen molar-refractivity contribution >= 4 is 22.5 Å². The number of hydrogen-bond acceptors (Lipinski definition) is 3. The van der Waals surface area contributed by atoms with Crippen molar-refractivity contribution in [3.05, 3.63) is 36.0 Å². The van der Waals surface area contributed by atoms with E-state index in [0.29, 0.717) is 0 Å². The summed E-state index contributed by atoms with van der Waals surface area (Å²) in [6, 6.07) is 9.74. The van der Waals surface area contributed by atoms with Crippen LogP contribution in [-0.4, -0.2) is 24.0 Å². The number of carbonyl (C=O) groups is 1. The summed E-state index contributed by atoms with van der Waals surface area (Å²) in [5.41, 5.74) is 2.72. The van der Waals surface area contributed by atoms with Crippen LogP contribution in [0.5, 0.6) is 0 Å². The van der Waals surface area contributed by atoms with Gasteiger partial charge in [0.2, 0.25) is 5.91 Å². The molecule has 1 amide bonds. The fourth-order valence-corrected chi connectivity index (χ4v) is 1.84. The summed E-state index contributed by atoms with van der Waals surface area (Å²) in [6.45, 7) is 2.36. The van der Waals surface area contributed by atoms with Crippen molar-refractivity contribution in [1.29, 1.82) is 0 Å². The molecule has 0 bridgehead atoms. The lowest BCUT2D eigenvalue weighted by Crippen LogP contribution is -2.30. The smallest absolute Gasteiger partial charge is 0.240 e. The van der Waals surface area contributed by atoms with Gasteiger partial charge in [-0.25, -0.2) is 0 Å². The van der Waals surface area contributed by atoms with Crippen molar-refractivity contribution in [2.75, 3.05) is 18.4 Å². The van der Waals surface area contributed by atoms with Crippen molar-refractivity contribution in [3.8, 4) is 12.3 Å². The van der Waals surface area contributed by atoms with Crippen LogP contribution in [0.2, 0.25) is 0 Å². The Bertz CT molecular complexity index is 643. The number of terminal acetylenes is 1. The Balaban J connectivity index is 2.16. The summed E-state index contributed by atoms with van der Waals surface area (Å²) in [4.78, 5) is 16.0. The minimum Gasteiger partial charge on any atom is -0.376 e. The molecule has 0 aliphatic heterocycles. The molecule has 4 nitrogen and oxygen atoms in total.